The first kappa shape index (κ1) is 29.5. The molecule has 0 aliphatic heterocycles. The first-order chi connectivity index (χ1) is 17.4. The molecular formula is C28H38ClNO6. The molecular weight excluding hydrogens is 482 g/mol. The molecule has 1 atom stereocenters. The molecule has 0 saturated heterocycles. The maximum Gasteiger partial charge on any atom is 0.415 e. The highest BCUT2D eigenvalue weighted by atomic mass is 35.5. The highest BCUT2D eigenvalue weighted by molar-refractivity contribution is 6.30. The summed E-state index contributed by atoms with van der Waals surface area (Å²) in [7, 11) is 0. The van der Waals surface area contributed by atoms with Crippen LogP contribution in [0.3, 0.4) is 0 Å². The van der Waals surface area contributed by atoms with Crippen molar-refractivity contribution in [2.45, 2.75) is 59.0 Å². The molecule has 1 unspecified atom stereocenters. The summed E-state index contributed by atoms with van der Waals surface area (Å²) in [5.74, 6) is 0.503. The van der Waals surface area contributed by atoms with Gasteiger partial charge in [0.15, 0.2) is 6.10 Å². The van der Waals surface area contributed by atoms with E-state index in [0.29, 0.717) is 48.7 Å². The second-order valence-corrected chi connectivity index (χ2v) is 9.13. The van der Waals surface area contributed by atoms with E-state index in [4.69, 9.17) is 25.8 Å². The molecule has 7 nitrogen and oxygen atoms in total. The van der Waals surface area contributed by atoms with Crippen molar-refractivity contribution in [3.05, 3.63) is 59.1 Å². The Hall–Kier alpha value is -2.77. The van der Waals surface area contributed by atoms with Crippen molar-refractivity contribution in [2.24, 2.45) is 5.92 Å². The van der Waals surface area contributed by atoms with E-state index in [-0.39, 0.29) is 6.42 Å². The topological polar surface area (TPSA) is 85.3 Å². The number of ether oxygens (including phenoxy) is 3. The molecule has 0 spiro atoms. The van der Waals surface area contributed by atoms with Crippen LogP contribution in [0.5, 0.6) is 11.5 Å². The Morgan fingerprint density at radius 1 is 0.944 bits per heavy atom. The Morgan fingerprint density at radius 3 is 2.11 bits per heavy atom. The molecule has 0 aromatic heterocycles. The maximum atomic E-state index is 13.0. The summed E-state index contributed by atoms with van der Waals surface area (Å²) in [6, 6.07) is 14.0. The Bertz CT molecular complexity index is 913. The van der Waals surface area contributed by atoms with Gasteiger partial charge in [-0.2, -0.15) is 0 Å². The Kier molecular flexibility index (Phi) is 13.1. The number of hydrogen-bond donors (Lipinski definition) is 1. The predicted octanol–water partition coefficient (Wildman–Crippen LogP) is 6.47. The minimum atomic E-state index is -0.979. The average molecular weight is 520 g/mol. The normalized spacial score (nSPS) is 11.8. The third kappa shape index (κ3) is 10.5. The minimum Gasteiger partial charge on any atom is -0.492 e. The van der Waals surface area contributed by atoms with Crippen LogP contribution in [0.15, 0.2) is 48.5 Å². The fourth-order valence-corrected chi connectivity index (χ4v) is 4.13. The molecule has 1 amide bonds. The zero-order valence-corrected chi connectivity index (χ0v) is 22.2. The van der Waals surface area contributed by atoms with Crippen LogP contribution in [0.4, 0.5) is 4.79 Å². The molecule has 0 aliphatic carbocycles. The highest BCUT2D eigenvalue weighted by Gasteiger charge is 2.21. The summed E-state index contributed by atoms with van der Waals surface area (Å²) in [6.07, 6.45) is 3.19. The van der Waals surface area contributed by atoms with E-state index >= 15 is 0 Å². The number of carbonyl (C=O) groups excluding carboxylic acids is 1. The number of amides is 1. The van der Waals surface area contributed by atoms with Crippen LogP contribution < -0.4 is 9.47 Å². The highest BCUT2D eigenvalue weighted by Crippen LogP contribution is 2.20. The SMILES string of the molecule is CCCC(CCC)CN(CCOc1ccc(CC(OCC)C(=O)O)cc1)C(=O)Oc1ccc(Cl)cc1. The molecule has 198 valence electrons. The summed E-state index contributed by atoms with van der Waals surface area (Å²) in [5.41, 5.74) is 0.846. The van der Waals surface area contributed by atoms with E-state index in [2.05, 4.69) is 13.8 Å². The molecule has 0 bridgehead atoms. The second-order valence-electron chi connectivity index (χ2n) is 8.69. The number of hydrogen-bond acceptors (Lipinski definition) is 5. The second kappa shape index (κ2) is 16.1. The average Bonchev–Trinajstić information content (AvgIpc) is 2.85. The van der Waals surface area contributed by atoms with Gasteiger partial charge in [-0.05, 0) is 67.6 Å². The summed E-state index contributed by atoms with van der Waals surface area (Å²) < 4.78 is 16.8. The van der Waals surface area contributed by atoms with Crippen LogP contribution in [-0.4, -0.2) is 54.5 Å². The summed E-state index contributed by atoms with van der Waals surface area (Å²) in [6.45, 7) is 7.70. The van der Waals surface area contributed by atoms with Gasteiger partial charge in [-0.3, -0.25) is 0 Å². The number of carbonyl (C=O) groups is 2. The number of nitrogens with zero attached hydrogens (tertiary/aromatic N) is 1. The van der Waals surface area contributed by atoms with Crippen molar-refractivity contribution in [1.29, 1.82) is 0 Å². The Morgan fingerprint density at radius 2 is 1.56 bits per heavy atom. The molecule has 2 rings (SSSR count). The molecule has 1 N–H and O–H groups in total. The predicted molar refractivity (Wildman–Crippen MR) is 141 cm³/mol. The van der Waals surface area contributed by atoms with E-state index in [1.165, 1.54) is 0 Å². The molecule has 8 heteroatoms. The number of halogens is 1. The van der Waals surface area contributed by atoms with Crippen LogP contribution in [0, 0.1) is 5.92 Å². The van der Waals surface area contributed by atoms with Crippen LogP contribution in [0.25, 0.3) is 0 Å². The van der Waals surface area contributed by atoms with Gasteiger partial charge >= 0.3 is 12.1 Å². The lowest BCUT2D eigenvalue weighted by atomic mass is 9.98. The van der Waals surface area contributed by atoms with Crippen LogP contribution in [0.1, 0.15) is 52.0 Å². The van der Waals surface area contributed by atoms with Crippen molar-refractivity contribution >= 4 is 23.7 Å². The molecule has 0 radical (unpaired) electrons. The van der Waals surface area contributed by atoms with Gasteiger partial charge in [0, 0.05) is 24.6 Å². The lowest BCUT2D eigenvalue weighted by Gasteiger charge is -2.27. The van der Waals surface area contributed by atoms with Gasteiger partial charge in [-0.1, -0.05) is 50.4 Å². The largest absolute Gasteiger partial charge is 0.492 e. The fourth-order valence-electron chi connectivity index (χ4n) is 4.01. The van der Waals surface area contributed by atoms with E-state index in [1.807, 2.05) is 12.1 Å². The van der Waals surface area contributed by atoms with Crippen molar-refractivity contribution < 1.29 is 28.9 Å². The van der Waals surface area contributed by atoms with E-state index < -0.39 is 18.2 Å². The van der Waals surface area contributed by atoms with Gasteiger partial charge in [-0.15, -0.1) is 0 Å². The van der Waals surface area contributed by atoms with Gasteiger partial charge in [0.25, 0.3) is 0 Å². The van der Waals surface area contributed by atoms with Gasteiger partial charge in [0.05, 0.1) is 6.54 Å². The summed E-state index contributed by atoms with van der Waals surface area (Å²) in [4.78, 5) is 26.0. The monoisotopic (exact) mass is 519 g/mol. The smallest absolute Gasteiger partial charge is 0.415 e. The van der Waals surface area contributed by atoms with Gasteiger partial charge < -0.3 is 24.2 Å². The molecule has 36 heavy (non-hydrogen) atoms. The molecule has 0 saturated carbocycles. The van der Waals surface area contributed by atoms with Crippen LogP contribution in [0.2, 0.25) is 5.02 Å². The van der Waals surface area contributed by atoms with Crippen molar-refractivity contribution in [2.75, 3.05) is 26.3 Å². The first-order valence-electron chi connectivity index (χ1n) is 12.6. The summed E-state index contributed by atoms with van der Waals surface area (Å²) >= 11 is 5.94. The standard InChI is InChI=1S/C28H38ClNO6/c1-4-7-22(8-5-2)20-30(28(33)36-25-15-11-23(29)12-16-25)17-18-35-24-13-9-21(10-14-24)19-26(27(31)32)34-6-3/h9-16,22,26H,4-8,17-20H2,1-3H3,(H,31,32). The molecule has 0 aliphatic rings. The first-order valence-corrected chi connectivity index (χ1v) is 13.0. The Balaban J connectivity index is 1.99. The number of aliphatic carboxylic acids is 1. The van der Waals surface area contributed by atoms with E-state index in [0.717, 1.165) is 31.2 Å². The van der Waals surface area contributed by atoms with Crippen LogP contribution in [-0.2, 0) is 16.0 Å². The number of rotatable bonds is 16. The number of carboxylic acids is 1. The van der Waals surface area contributed by atoms with Crippen molar-refractivity contribution in [3.63, 3.8) is 0 Å². The fraction of sp³-hybridized carbons (Fsp3) is 0.500. The third-order valence-corrected chi connectivity index (χ3v) is 6.02. The number of carboxylic acid groups (broad SMARTS) is 1. The lowest BCUT2D eigenvalue weighted by molar-refractivity contribution is -0.149. The van der Waals surface area contributed by atoms with Gasteiger partial charge in [-0.25, -0.2) is 9.59 Å². The minimum absolute atomic E-state index is 0.282. The zero-order chi connectivity index (χ0) is 26.3. The molecule has 0 heterocycles. The van der Waals surface area contributed by atoms with Crippen molar-refractivity contribution in [3.8, 4) is 11.5 Å². The zero-order valence-electron chi connectivity index (χ0n) is 21.5. The molecule has 0 fully saturated rings. The van der Waals surface area contributed by atoms with E-state index in [1.54, 1.807) is 48.2 Å². The quantitative estimate of drug-likeness (QED) is 0.273. The third-order valence-electron chi connectivity index (χ3n) is 5.77. The van der Waals surface area contributed by atoms with Crippen molar-refractivity contribution in [1.82, 2.24) is 4.90 Å². The Labute approximate surface area is 219 Å². The molecule has 2 aromatic rings. The van der Waals surface area contributed by atoms with Crippen LogP contribution >= 0.6 is 11.6 Å². The summed E-state index contributed by atoms with van der Waals surface area (Å²) in [5, 5.41) is 9.85. The maximum absolute atomic E-state index is 13.0. The van der Waals surface area contributed by atoms with E-state index in [9.17, 15) is 14.7 Å². The molecule has 2 aromatic carbocycles. The van der Waals surface area contributed by atoms with Gasteiger partial charge in [0.2, 0.25) is 0 Å². The lowest BCUT2D eigenvalue weighted by Crippen LogP contribution is -2.40. The van der Waals surface area contributed by atoms with Gasteiger partial charge in [0.1, 0.15) is 18.1 Å². The number of benzene rings is 2.